The fourth-order valence-electron chi connectivity index (χ4n) is 1.69. The summed E-state index contributed by atoms with van der Waals surface area (Å²) in [7, 11) is 0. The third-order valence-corrected chi connectivity index (χ3v) is 3.62. The molecule has 1 N–H and O–H groups in total. The summed E-state index contributed by atoms with van der Waals surface area (Å²) < 4.78 is 1.75. The first-order valence-corrected chi connectivity index (χ1v) is 6.35. The molecule has 0 saturated carbocycles. The van der Waals surface area contributed by atoms with E-state index in [0.29, 0.717) is 0 Å². The van der Waals surface area contributed by atoms with Gasteiger partial charge in [0.1, 0.15) is 5.03 Å². The van der Waals surface area contributed by atoms with Crippen molar-refractivity contribution in [1.29, 1.82) is 0 Å². The van der Waals surface area contributed by atoms with Crippen LogP contribution in [0.4, 0.5) is 0 Å². The van der Waals surface area contributed by atoms with E-state index in [9.17, 15) is 4.79 Å². The van der Waals surface area contributed by atoms with Gasteiger partial charge in [0.2, 0.25) is 0 Å². The van der Waals surface area contributed by atoms with Crippen LogP contribution in [0, 0.1) is 0 Å². The molecule has 19 heavy (non-hydrogen) atoms. The highest BCUT2D eigenvalue weighted by Crippen LogP contribution is 2.29. The normalized spacial score (nSPS) is 10.7. The summed E-state index contributed by atoms with van der Waals surface area (Å²) in [4.78, 5) is 16.0. The van der Waals surface area contributed by atoms with Crippen LogP contribution in [0.5, 0.6) is 0 Å². The third-order valence-electron chi connectivity index (χ3n) is 2.60. The molecule has 0 aliphatic heterocycles. The summed E-state index contributed by atoms with van der Waals surface area (Å²) >= 11 is 1.48. The largest absolute Gasteiger partial charge is 0.478 e. The van der Waals surface area contributed by atoms with Crippen LogP contribution in [-0.4, -0.2) is 25.7 Å². The van der Waals surface area contributed by atoms with Crippen LogP contribution < -0.4 is 0 Å². The van der Waals surface area contributed by atoms with Gasteiger partial charge in [0.05, 0.1) is 17.3 Å². The molecule has 0 unspecified atom stereocenters. The van der Waals surface area contributed by atoms with E-state index in [2.05, 4.69) is 10.1 Å². The van der Waals surface area contributed by atoms with E-state index in [4.69, 9.17) is 5.11 Å². The van der Waals surface area contributed by atoms with Gasteiger partial charge >= 0.3 is 5.97 Å². The fourth-order valence-corrected chi connectivity index (χ4v) is 2.56. The van der Waals surface area contributed by atoms with E-state index in [-0.39, 0.29) is 5.56 Å². The average molecular weight is 271 g/mol. The Morgan fingerprint density at radius 2 is 1.95 bits per heavy atom. The van der Waals surface area contributed by atoms with Crippen LogP contribution in [0.15, 0.2) is 58.8 Å². The molecular weight excluding hydrogens is 262 g/mol. The topological polar surface area (TPSA) is 67.5 Å². The first-order chi connectivity index (χ1) is 9.24. The maximum Gasteiger partial charge on any atom is 0.335 e. The highest BCUT2D eigenvalue weighted by atomic mass is 32.2. The van der Waals surface area contributed by atoms with Gasteiger partial charge < -0.3 is 5.11 Å². The van der Waals surface area contributed by atoms with Crippen molar-refractivity contribution >= 4 is 23.2 Å². The standard InChI is InChI=1S/C13H9N3O2S/c17-13(18)9-1-3-10(4-2-9)19-12-11-5-6-15-16(11)8-7-14-12/h1-8H,(H,17,18). The van der Waals surface area contributed by atoms with E-state index < -0.39 is 5.97 Å². The first kappa shape index (κ1) is 11.7. The fraction of sp³-hybridized carbons (Fsp3) is 0. The maximum absolute atomic E-state index is 10.8. The van der Waals surface area contributed by atoms with Crippen LogP contribution in [0.1, 0.15) is 10.4 Å². The number of aromatic nitrogens is 3. The van der Waals surface area contributed by atoms with E-state index in [0.717, 1.165) is 15.4 Å². The molecular formula is C13H9N3O2S. The summed E-state index contributed by atoms with van der Waals surface area (Å²) in [5, 5.41) is 13.8. The zero-order valence-electron chi connectivity index (χ0n) is 9.72. The number of carboxylic acids is 1. The monoisotopic (exact) mass is 271 g/mol. The molecule has 6 heteroatoms. The second kappa shape index (κ2) is 4.74. The molecule has 0 saturated heterocycles. The van der Waals surface area contributed by atoms with E-state index in [1.54, 1.807) is 47.4 Å². The van der Waals surface area contributed by atoms with Gasteiger partial charge in [-0.05, 0) is 30.3 Å². The molecule has 3 aromatic rings. The van der Waals surface area contributed by atoms with Gasteiger partial charge in [-0.1, -0.05) is 11.8 Å². The lowest BCUT2D eigenvalue weighted by Gasteiger charge is -2.03. The van der Waals surface area contributed by atoms with Crippen molar-refractivity contribution in [3.05, 3.63) is 54.5 Å². The third kappa shape index (κ3) is 2.30. The number of rotatable bonds is 3. The average Bonchev–Trinajstić information content (AvgIpc) is 2.89. The van der Waals surface area contributed by atoms with E-state index in [1.807, 2.05) is 6.07 Å². The van der Waals surface area contributed by atoms with Crippen LogP contribution in [0.2, 0.25) is 0 Å². The number of nitrogens with zero attached hydrogens (tertiary/aromatic N) is 3. The van der Waals surface area contributed by atoms with Gasteiger partial charge in [-0.25, -0.2) is 14.3 Å². The van der Waals surface area contributed by atoms with Crippen molar-refractivity contribution in [3.8, 4) is 0 Å². The zero-order chi connectivity index (χ0) is 13.2. The summed E-state index contributed by atoms with van der Waals surface area (Å²) in [6.45, 7) is 0. The van der Waals surface area contributed by atoms with Gasteiger partial charge in [-0.15, -0.1) is 0 Å². The molecule has 2 heterocycles. The van der Waals surface area contributed by atoms with Gasteiger partial charge in [0, 0.05) is 17.3 Å². The van der Waals surface area contributed by atoms with Crippen molar-refractivity contribution in [3.63, 3.8) is 0 Å². The molecule has 0 atom stereocenters. The molecule has 1 aromatic carbocycles. The Labute approximate surface area is 112 Å². The predicted octanol–water partition coefficient (Wildman–Crippen LogP) is 2.58. The van der Waals surface area contributed by atoms with Gasteiger partial charge in [0.25, 0.3) is 0 Å². The molecule has 0 fully saturated rings. The molecule has 3 rings (SSSR count). The number of aromatic carboxylic acids is 1. The number of fused-ring (bicyclic) bond motifs is 1. The van der Waals surface area contributed by atoms with Gasteiger partial charge in [-0.3, -0.25) is 0 Å². The van der Waals surface area contributed by atoms with Gasteiger partial charge in [-0.2, -0.15) is 5.10 Å². The summed E-state index contributed by atoms with van der Waals surface area (Å²) in [6.07, 6.45) is 5.19. The minimum Gasteiger partial charge on any atom is -0.478 e. The Balaban J connectivity index is 1.92. The molecule has 94 valence electrons. The molecule has 5 nitrogen and oxygen atoms in total. The lowest BCUT2D eigenvalue weighted by Crippen LogP contribution is -1.95. The SMILES string of the molecule is O=C(O)c1ccc(Sc2nccn3nccc23)cc1. The lowest BCUT2D eigenvalue weighted by atomic mass is 10.2. The highest BCUT2D eigenvalue weighted by molar-refractivity contribution is 7.99. The maximum atomic E-state index is 10.8. The first-order valence-electron chi connectivity index (χ1n) is 5.53. The second-order valence-corrected chi connectivity index (χ2v) is 4.89. The van der Waals surface area contributed by atoms with E-state index >= 15 is 0 Å². The molecule has 0 radical (unpaired) electrons. The molecule has 2 aromatic heterocycles. The molecule has 0 aliphatic carbocycles. The minimum absolute atomic E-state index is 0.278. The number of hydrogen-bond acceptors (Lipinski definition) is 4. The number of carboxylic acid groups (broad SMARTS) is 1. The van der Waals surface area contributed by atoms with Crippen molar-refractivity contribution in [2.45, 2.75) is 9.92 Å². The van der Waals surface area contributed by atoms with Crippen molar-refractivity contribution < 1.29 is 9.90 Å². The van der Waals surface area contributed by atoms with Crippen molar-refractivity contribution in [1.82, 2.24) is 14.6 Å². The lowest BCUT2D eigenvalue weighted by molar-refractivity contribution is 0.0697. The predicted molar refractivity (Wildman–Crippen MR) is 70.5 cm³/mol. The van der Waals surface area contributed by atoms with Gasteiger partial charge in [0.15, 0.2) is 0 Å². The minimum atomic E-state index is -0.924. The number of hydrogen-bond donors (Lipinski definition) is 1. The molecule has 0 bridgehead atoms. The molecule has 0 aliphatic rings. The van der Waals surface area contributed by atoms with Crippen molar-refractivity contribution in [2.75, 3.05) is 0 Å². The highest BCUT2D eigenvalue weighted by Gasteiger charge is 2.07. The van der Waals surface area contributed by atoms with Crippen LogP contribution in [0.3, 0.4) is 0 Å². The van der Waals surface area contributed by atoms with Crippen LogP contribution >= 0.6 is 11.8 Å². The molecule has 0 amide bonds. The second-order valence-electron chi connectivity index (χ2n) is 3.83. The smallest absolute Gasteiger partial charge is 0.335 e. The van der Waals surface area contributed by atoms with E-state index in [1.165, 1.54) is 11.8 Å². The summed E-state index contributed by atoms with van der Waals surface area (Å²) in [6, 6.07) is 8.61. The Morgan fingerprint density at radius 3 is 2.68 bits per heavy atom. The Hall–Kier alpha value is -2.34. The summed E-state index contributed by atoms with van der Waals surface area (Å²) in [5.74, 6) is -0.924. The van der Waals surface area contributed by atoms with Crippen LogP contribution in [-0.2, 0) is 0 Å². The number of benzene rings is 1. The Kier molecular flexibility index (Phi) is 2.92. The van der Waals surface area contributed by atoms with Crippen molar-refractivity contribution in [2.24, 2.45) is 0 Å². The Morgan fingerprint density at radius 1 is 1.16 bits per heavy atom. The van der Waals surface area contributed by atoms with Crippen LogP contribution in [0.25, 0.3) is 5.52 Å². The summed E-state index contributed by atoms with van der Waals surface area (Å²) in [5.41, 5.74) is 1.20. The zero-order valence-corrected chi connectivity index (χ0v) is 10.5. The Bertz CT molecular complexity index is 737. The molecule has 0 spiro atoms. The number of carbonyl (C=O) groups is 1. The quantitative estimate of drug-likeness (QED) is 0.793.